The van der Waals surface area contributed by atoms with Crippen LogP contribution in [0.2, 0.25) is 5.02 Å². The molecule has 2 aromatic heterocycles. The van der Waals surface area contributed by atoms with Crippen LogP contribution >= 0.6 is 22.9 Å². The molecule has 0 saturated heterocycles. The molecule has 128 valence electrons. The van der Waals surface area contributed by atoms with Crippen molar-refractivity contribution in [2.45, 2.75) is 13.3 Å². The van der Waals surface area contributed by atoms with Crippen LogP contribution in [0.3, 0.4) is 0 Å². The number of halogens is 1. The average Bonchev–Trinajstić information content (AvgIpc) is 3.09. The number of carbonyl (C=O) groups excluding carboxylic acids is 1. The molecule has 1 amide bonds. The van der Waals surface area contributed by atoms with Crippen LogP contribution in [0.15, 0.2) is 52.6 Å². The smallest absolute Gasteiger partial charge is 0.275 e. The predicted octanol–water partition coefficient (Wildman–Crippen LogP) is 3.23. The minimum Gasteiger partial charge on any atom is -0.350 e. The maximum atomic E-state index is 12.3. The van der Waals surface area contributed by atoms with Gasteiger partial charge in [-0.3, -0.25) is 9.59 Å². The van der Waals surface area contributed by atoms with E-state index < -0.39 is 11.3 Å². The Morgan fingerprint density at radius 1 is 1.28 bits per heavy atom. The first kappa shape index (κ1) is 17.4. The van der Waals surface area contributed by atoms with E-state index >= 15 is 0 Å². The van der Waals surface area contributed by atoms with E-state index in [4.69, 9.17) is 11.6 Å². The Labute approximate surface area is 153 Å². The largest absolute Gasteiger partial charge is 0.350 e. The highest BCUT2D eigenvalue weighted by Gasteiger charge is 2.15. The van der Waals surface area contributed by atoms with Gasteiger partial charge in [0.25, 0.3) is 5.91 Å². The van der Waals surface area contributed by atoms with Gasteiger partial charge in [0.05, 0.1) is 5.69 Å². The molecule has 0 fully saturated rings. The Morgan fingerprint density at radius 2 is 2.04 bits per heavy atom. The molecule has 0 aliphatic rings. The van der Waals surface area contributed by atoms with Crippen molar-refractivity contribution in [3.8, 4) is 5.69 Å². The molecule has 3 aromatic rings. The summed E-state index contributed by atoms with van der Waals surface area (Å²) in [6.07, 6.45) is 0.723. The van der Waals surface area contributed by atoms with Crippen LogP contribution in [0, 0.1) is 6.92 Å². The molecule has 0 bridgehead atoms. The molecule has 0 aliphatic heterocycles. The molecule has 0 spiro atoms. The molecule has 7 heteroatoms. The normalized spacial score (nSPS) is 10.6. The number of amides is 1. The second kappa shape index (κ2) is 7.63. The lowest BCUT2D eigenvalue weighted by atomic mass is 10.2. The molecule has 2 heterocycles. The highest BCUT2D eigenvalue weighted by molar-refractivity contribution is 7.09. The zero-order valence-corrected chi connectivity index (χ0v) is 15.1. The summed E-state index contributed by atoms with van der Waals surface area (Å²) in [6, 6.07) is 12.4. The summed E-state index contributed by atoms with van der Waals surface area (Å²) in [5.74, 6) is -0.468. The summed E-state index contributed by atoms with van der Waals surface area (Å²) in [5, 5.41) is 9.59. The van der Waals surface area contributed by atoms with Crippen molar-refractivity contribution in [3.05, 3.63) is 79.4 Å². The van der Waals surface area contributed by atoms with Crippen molar-refractivity contribution >= 4 is 28.8 Å². The van der Waals surface area contributed by atoms with Crippen LogP contribution in [0.5, 0.6) is 0 Å². The van der Waals surface area contributed by atoms with Gasteiger partial charge in [-0.2, -0.15) is 5.10 Å². The molecule has 5 nitrogen and oxygen atoms in total. The van der Waals surface area contributed by atoms with Crippen LogP contribution < -0.4 is 10.7 Å². The second-order valence-electron chi connectivity index (χ2n) is 5.47. The standard InChI is InChI=1S/C18H16ClN3O2S/c1-12-11-16(23)17(18(24)20-9-8-15-3-2-10-25-15)21-22(12)14-6-4-13(19)5-7-14/h2-7,10-11H,8-9H2,1H3,(H,20,24). The van der Waals surface area contributed by atoms with Crippen molar-refractivity contribution in [3.63, 3.8) is 0 Å². The van der Waals surface area contributed by atoms with Crippen LogP contribution in [-0.2, 0) is 6.42 Å². The molecule has 0 radical (unpaired) electrons. The SMILES string of the molecule is Cc1cc(=O)c(C(=O)NCCc2cccs2)nn1-c1ccc(Cl)cc1. The van der Waals surface area contributed by atoms with Gasteiger partial charge in [0.1, 0.15) is 0 Å². The lowest BCUT2D eigenvalue weighted by molar-refractivity contribution is 0.0946. The van der Waals surface area contributed by atoms with Crippen LogP contribution in [0.4, 0.5) is 0 Å². The van der Waals surface area contributed by atoms with Gasteiger partial charge in [-0.25, -0.2) is 4.68 Å². The van der Waals surface area contributed by atoms with E-state index in [-0.39, 0.29) is 5.69 Å². The van der Waals surface area contributed by atoms with Gasteiger partial charge in [0.2, 0.25) is 5.43 Å². The number of hydrogen-bond donors (Lipinski definition) is 1. The fraction of sp³-hybridized carbons (Fsp3) is 0.167. The molecule has 0 aliphatic carbocycles. The maximum absolute atomic E-state index is 12.3. The molecule has 25 heavy (non-hydrogen) atoms. The van der Waals surface area contributed by atoms with E-state index in [0.29, 0.717) is 17.3 Å². The van der Waals surface area contributed by atoms with Gasteiger partial charge in [-0.1, -0.05) is 17.7 Å². The Hall–Kier alpha value is -2.44. The lowest BCUT2D eigenvalue weighted by Crippen LogP contribution is -2.33. The van der Waals surface area contributed by atoms with E-state index in [0.717, 1.165) is 12.1 Å². The van der Waals surface area contributed by atoms with Crippen molar-refractivity contribution in [2.75, 3.05) is 6.54 Å². The zero-order valence-electron chi connectivity index (χ0n) is 13.5. The first-order valence-corrected chi connectivity index (χ1v) is 8.98. The van der Waals surface area contributed by atoms with Crippen molar-refractivity contribution < 1.29 is 4.79 Å². The number of hydrogen-bond acceptors (Lipinski definition) is 4. The van der Waals surface area contributed by atoms with E-state index in [9.17, 15) is 9.59 Å². The maximum Gasteiger partial charge on any atom is 0.275 e. The number of aryl methyl sites for hydroxylation is 1. The molecule has 0 saturated carbocycles. The van der Waals surface area contributed by atoms with Gasteiger partial charge in [-0.05, 0) is 49.1 Å². The zero-order chi connectivity index (χ0) is 17.8. The highest BCUT2D eigenvalue weighted by Crippen LogP contribution is 2.14. The van der Waals surface area contributed by atoms with Crippen molar-refractivity contribution in [1.29, 1.82) is 0 Å². The summed E-state index contributed by atoms with van der Waals surface area (Å²) < 4.78 is 1.56. The summed E-state index contributed by atoms with van der Waals surface area (Å²) >= 11 is 7.54. The van der Waals surface area contributed by atoms with Gasteiger partial charge in [0.15, 0.2) is 5.69 Å². The van der Waals surface area contributed by atoms with Gasteiger partial charge >= 0.3 is 0 Å². The van der Waals surface area contributed by atoms with Crippen molar-refractivity contribution in [1.82, 2.24) is 15.1 Å². The van der Waals surface area contributed by atoms with E-state index in [1.54, 1.807) is 47.2 Å². The molecular weight excluding hydrogens is 358 g/mol. The second-order valence-corrected chi connectivity index (χ2v) is 6.94. The number of benzene rings is 1. The highest BCUT2D eigenvalue weighted by atomic mass is 35.5. The number of nitrogens with one attached hydrogen (secondary N) is 1. The molecular formula is C18H16ClN3O2S. The first-order valence-electron chi connectivity index (χ1n) is 7.72. The first-order chi connectivity index (χ1) is 12.0. The van der Waals surface area contributed by atoms with E-state index in [2.05, 4.69) is 10.4 Å². The summed E-state index contributed by atoms with van der Waals surface area (Å²) in [7, 11) is 0. The molecule has 0 unspecified atom stereocenters. The number of aromatic nitrogens is 2. The van der Waals surface area contributed by atoms with Gasteiger partial charge in [0, 0.05) is 28.2 Å². The van der Waals surface area contributed by atoms with Crippen LogP contribution in [0.25, 0.3) is 5.69 Å². The minimum absolute atomic E-state index is 0.119. The monoisotopic (exact) mass is 373 g/mol. The molecule has 1 N–H and O–H groups in total. The summed E-state index contributed by atoms with van der Waals surface area (Å²) in [4.78, 5) is 25.7. The summed E-state index contributed by atoms with van der Waals surface area (Å²) in [5.41, 5.74) is 0.861. The topological polar surface area (TPSA) is 64.0 Å². The van der Waals surface area contributed by atoms with Gasteiger partial charge in [-0.15, -0.1) is 11.3 Å². The summed E-state index contributed by atoms with van der Waals surface area (Å²) in [6.45, 7) is 2.22. The van der Waals surface area contributed by atoms with Gasteiger partial charge < -0.3 is 5.32 Å². The average molecular weight is 374 g/mol. The molecule has 0 atom stereocenters. The van der Waals surface area contributed by atoms with E-state index in [1.807, 2.05) is 17.5 Å². The minimum atomic E-state index is -0.468. The molecule has 1 aromatic carbocycles. The number of rotatable bonds is 5. The number of carbonyl (C=O) groups is 1. The fourth-order valence-electron chi connectivity index (χ4n) is 2.39. The van der Waals surface area contributed by atoms with Crippen LogP contribution in [-0.4, -0.2) is 22.2 Å². The van der Waals surface area contributed by atoms with Crippen molar-refractivity contribution in [2.24, 2.45) is 0 Å². The third-order valence-corrected chi connectivity index (χ3v) is 4.82. The fourth-order valence-corrected chi connectivity index (χ4v) is 3.22. The number of thiophene rings is 1. The molecule has 3 rings (SSSR count). The van der Waals surface area contributed by atoms with Crippen LogP contribution in [0.1, 0.15) is 21.1 Å². The third-order valence-electron chi connectivity index (χ3n) is 3.63. The predicted molar refractivity (Wildman–Crippen MR) is 99.9 cm³/mol. The Kier molecular flexibility index (Phi) is 5.31. The van der Waals surface area contributed by atoms with E-state index in [1.165, 1.54) is 10.9 Å². The Balaban J connectivity index is 1.80. The Bertz CT molecular complexity index is 934. The lowest BCUT2D eigenvalue weighted by Gasteiger charge is -2.11. The quantitative estimate of drug-likeness (QED) is 0.746. The Morgan fingerprint density at radius 3 is 2.72 bits per heavy atom. The number of nitrogens with zero attached hydrogens (tertiary/aromatic N) is 2. The third kappa shape index (κ3) is 4.15.